The van der Waals surface area contributed by atoms with Crippen LogP contribution in [0.2, 0.25) is 0 Å². The first-order chi connectivity index (χ1) is 15.3. The van der Waals surface area contributed by atoms with Gasteiger partial charge in [0, 0.05) is 13.0 Å². The average Bonchev–Trinajstić information content (AvgIpc) is 2.76. The number of benzene rings is 3. The van der Waals surface area contributed by atoms with Crippen LogP contribution in [-0.2, 0) is 17.6 Å². The fourth-order valence-corrected chi connectivity index (χ4v) is 3.64. The quantitative estimate of drug-likeness (QED) is 0.461. The minimum atomic E-state index is -0.534. The van der Waals surface area contributed by atoms with E-state index in [1.165, 1.54) is 10.8 Å². The van der Waals surface area contributed by atoms with Crippen LogP contribution in [-0.4, -0.2) is 31.1 Å². The van der Waals surface area contributed by atoms with Crippen molar-refractivity contribution in [3.63, 3.8) is 0 Å². The first-order valence-electron chi connectivity index (χ1n) is 10.9. The fourth-order valence-electron chi connectivity index (χ4n) is 3.64. The Morgan fingerprint density at radius 2 is 1.69 bits per heavy atom. The van der Waals surface area contributed by atoms with Crippen LogP contribution in [0.1, 0.15) is 48.7 Å². The summed E-state index contributed by atoms with van der Waals surface area (Å²) in [7, 11) is 1.57. The van der Waals surface area contributed by atoms with E-state index >= 15 is 0 Å². The predicted octanol–water partition coefficient (Wildman–Crippen LogP) is 5.73. The molecule has 0 aliphatic heterocycles. The lowest BCUT2D eigenvalue weighted by Crippen LogP contribution is -2.33. The van der Waals surface area contributed by atoms with E-state index in [-0.39, 0.29) is 5.78 Å². The van der Waals surface area contributed by atoms with Crippen molar-refractivity contribution < 1.29 is 19.1 Å². The molecule has 168 valence electrons. The molecule has 0 saturated heterocycles. The van der Waals surface area contributed by atoms with Gasteiger partial charge in [-0.3, -0.25) is 4.79 Å². The number of rotatable bonds is 8. The number of methoxy groups -OCH3 is 1. The topological polar surface area (TPSA) is 64.6 Å². The van der Waals surface area contributed by atoms with Crippen LogP contribution in [0.15, 0.2) is 60.7 Å². The van der Waals surface area contributed by atoms with Gasteiger partial charge in [0.25, 0.3) is 0 Å². The van der Waals surface area contributed by atoms with Gasteiger partial charge in [-0.2, -0.15) is 0 Å². The lowest BCUT2D eigenvalue weighted by Gasteiger charge is -2.19. The first-order valence-corrected chi connectivity index (χ1v) is 10.9. The molecule has 0 fully saturated rings. The zero-order valence-electron chi connectivity index (χ0n) is 19.2. The molecule has 0 aromatic heterocycles. The van der Waals surface area contributed by atoms with Crippen LogP contribution < -0.4 is 10.1 Å². The van der Waals surface area contributed by atoms with E-state index in [1.807, 2.05) is 57.2 Å². The second-order valence-electron chi connectivity index (χ2n) is 8.77. The summed E-state index contributed by atoms with van der Waals surface area (Å²) in [5, 5.41) is 5.10. The van der Waals surface area contributed by atoms with Gasteiger partial charge in [0.05, 0.1) is 12.7 Å². The summed E-state index contributed by atoms with van der Waals surface area (Å²) in [6.45, 7) is 5.90. The lowest BCUT2D eigenvalue weighted by molar-refractivity contribution is 0.0528. The van der Waals surface area contributed by atoms with E-state index < -0.39 is 11.7 Å². The minimum Gasteiger partial charge on any atom is -0.496 e. The van der Waals surface area contributed by atoms with Gasteiger partial charge in [-0.25, -0.2) is 4.79 Å². The number of carbonyl (C=O) groups is 2. The number of hydrogen-bond acceptors (Lipinski definition) is 4. The van der Waals surface area contributed by atoms with Crippen molar-refractivity contribution in [2.45, 2.75) is 45.6 Å². The summed E-state index contributed by atoms with van der Waals surface area (Å²) >= 11 is 0. The third-order valence-corrected chi connectivity index (χ3v) is 5.15. The molecule has 0 spiro atoms. The zero-order valence-corrected chi connectivity index (χ0v) is 19.2. The molecule has 3 aromatic carbocycles. The number of hydrogen-bond donors (Lipinski definition) is 1. The Labute approximate surface area is 189 Å². The smallest absolute Gasteiger partial charge is 0.407 e. The van der Waals surface area contributed by atoms with Gasteiger partial charge in [-0.1, -0.05) is 48.5 Å². The molecule has 1 amide bonds. The summed E-state index contributed by atoms with van der Waals surface area (Å²) < 4.78 is 10.7. The van der Waals surface area contributed by atoms with Crippen LogP contribution in [0.3, 0.4) is 0 Å². The Hall–Kier alpha value is -3.34. The van der Waals surface area contributed by atoms with Crippen molar-refractivity contribution in [1.82, 2.24) is 5.32 Å². The highest BCUT2D eigenvalue weighted by atomic mass is 16.6. The molecule has 0 unspecified atom stereocenters. The van der Waals surface area contributed by atoms with Crippen LogP contribution in [0.5, 0.6) is 5.75 Å². The van der Waals surface area contributed by atoms with E-state index in [2.05, 4.69) is 29.6 Å². The molecule has 0 aliphatic carbocycles. The first kappa shape index (κ1) is 23.3. The van der Waals surface area contributed by atoms with Crippen molar-refractivity contribution in [2.24, 2.45) is 0 Å². The normalized spacial score (nSPS) is 11.2. The van der Waals surface area contributed by atoms with Crippen LogP contribution in [0.4, 0.5) is 4.79 Å². The molecule has 3 aromatic rings. The van der Waals surface area contributed by atoms with Crippen molar-refractivity contribution in [2.75, 3.05) is 13.7 Å². The SMILES string of the molecule is COc1ccc(CCNC(=O)OC(C)(C)C)cc1C(=O)CCc1cccc2ccccc12. The third-order valence-electron chi connectivity index (χ3n) is 5.15. The van der Waals surface area contributed by atoms with E-state index in [0.717, 1.165) is 11.1 Å². The summed E-state index contributed by atoms with van der Waals surface area (Å²) in [5.41, 5.74) is 2.15. The lowest BCUT2D eigenvalue weighted by atomic mass is 9.96. The molecule has 0 radical (unpaired) electrons. The van der Waals surface area contributed by atoms with Gasteiger partial charge < -0.3 is 14.8 Å². The molecule has 0 atom stereocenters. The Bertz CT molecular complexity index is 1090. The summed E-state index contributed by atoms with van der Waals surface area (Å²) in [6, 6.07) is 20.0. The standard InChI is InChI=1S/C27H31NO4/c1-27(2,3)32-26(30)28-17-16-19-12-15-25(31-4)23(18-19)24(29)14-13-21-10-7-9-20-8-5-6-11-22(20)21/h5-12,15,18H,13-14,16-17H2,1-4H3,(H,28,30). The molecule has 32 heavy (non-hydrogen) atoms. The predicted molar refractivity (Wildman–Crippen MR) is 128 cm³/mol. The maximum Gasteiger partial charge on any atom is 0.407 e. The number of aryl methyl sites for hydroxylation is 1. The van der Waals surface area contributed by atoms with Gasteiger partial charge in [0.1, 0.15) is 11.4 Å². The third kappa shape index (κ3) is 6.33. The Morgan fingerprint density at radius 3 is 2.44 bits per heavy atom. The number of fused-ring (bicyclic) bond motifs is 1. The van der Waals surface area contributed by atoms with Gasteiger partial charge in [0.15, 0.2) is 5.78 Å². The van der Waals surface area contributed by atoms with Gasteiger partial charge in [0.2, 0.25) is 0 Å². The molecule has 0 bridgehead atoms. The molecule has 0 saturated carbocycles. The Balaban J connectivity index is 1.65. The number of alkyl carbamates (subject to hydrolysis) is 1. The second kappa shape index (κ2) is 10.3. The molecule has 1 N–H and O–H groups in total. The van der Waals surface area contributed by atoms with E-state index in [1.54, 1.807) is 7.11 Å². The second-order valence-corrected chi connectivity index (χ2v) is 8.77. The summed E-state index contributed by atoms with van der Waals surface area (Å²) in [4.78, 5) is 24.9. The van der Waals surface area contributed by atoms with Crippen LogP contribution in [0.25, 0.3) is 10.8 Å². The highest BCUT2D eigenvalue weighted by Gasteiger charge is 2.16. The fraction of sp³-hybridized carbons (Fsp3) is 0.333. The Morgan fingerprint density at radius 1 is 0.938 bits per heavy atom. The molecule has 5 heteroatoms. The van der Waals surface area contributed by atoms with Crippen molar-refractivity contribution in [1.29, 1.82) is 0 Å². The van der Waals surface area contributed by atoms with Gasteiger partial charge in [-0.15, -0.1) is 0 Å². The summed E-state index contributed by atoms with van der Waals surface area (Å²) in [5.74, 6) is 0.605. The number of carbonyl (C=O) groups excluding carboxylic acids is 2. The molecule has 3 rings (SSSR count). The van der Waals surface area contributed by atoms with Gasteiger partial charge >= 0.3 is 6.09 Å². The summed E-state index contributed by atoms with van der Waals surface area (Å²) in [6.07, 6.45) is 1.20. The van der Waals surface area contributed by atoms with E-state index in [0.29, 0.717) is 37.1 Å². The van der Waals surface area contributed by atoms with Crippen LogP contribution in [0, 0.1) is 0 Å². The molecule has 5 nitrogen and oxygen atoms in total. The number of amides is 1. The zero-order chi connectivity index (χ0) is 23.1. The van der Waals surface area contributed by atoms with E-state index in [4.69, 9.17) is 9.47 Å². The molecular weight excluding hydrogens is 402 g/mol. The minimum absolute atomic E-state index is 0.0386. The number of ketones is 1. The number of Topliss-reactive ketones (excluding diaryl/α,β-unsaturated/α-hetero) is 1. The maximum atomic E-state index is 13.1. The van der Waals surface area contributed by atoms with Crippen molar-refractivity contribution in [3.05, 3.63) is 77.4 Å². The van der Waals surface area contributed by atoms with Crippen LogP contribution >= 0.6 is 0 Å². The maximum absolute atomic E-state index is 13.1. The van der Waals surface area contributed by atoms with Crippen molar-refractivity contribution in [3.8, 4) is 5.75 Å². The average molecular weight is 434 g/mol. The highest BCUT2D eigenvalue weighted by molar-refractivity contribution is 5.99. The largest absolute Gasteiger partial charge is 0.496 e. The molecule has 0 aliphatic rings. The van der Waals surface area contributed by atoms with E-state index in [9.17, 15) is 9.59 Å². The monoisotopic (exact) mass is 433 g/mol. The molecular formula is C27H31NO4. The Kier molecular flexibility index (Phi) is 7.52. The molecule has 0 heterocycles. The number of ether oxygens (including phenoxy) is 2. The highest BCUT2D eigenvalue weighted by Crippen LogP contribution is 2.24. The van der Waals surface area contributed by atoms with Crippen molar-refractivity contribution >= 4 is 22.6 Å². The van der Waals surface area contributed by atoms with Gasteiger partial charge in [-0.05, 0) is 67.6 Å². The number of nitrogens with one attached hydrogen (secondary N) is 1.